The fraction of sp³-hybridized carbons (Fsp3) is 0.750. The van der Waals surface area contributed by atoms with Gasteiger partial charge in [-0.05, 0) is 31.7 Å². The highest BCUT2D eigenvalue weighted by molar-refractivity contribution is 5.69. The van der Waals surface area contributed by atoms with Gasteiger partial charge in [-0.25, -0.2) is 0 Å². The lowest BCUT2D eigenvalue weighted by molar-refractivity contribution is -0.139. The predicted octanol–water partition coefficient (Wildman–Crippen LogP) is 3.07. The summed E-state index contributed by atoms with van der Waals surface area (Å²) >= 11 is 0. The van der Waals surface area contributed by atoms with Crippen molar-refractivity contribution in [2.75, 3.05) is 6.54 Å². The molecule has 5 nitrogen and oxygen atoms in total. The van der Waals surface area contributed by atoms with Crippen LogP contribution in [-0.4, -0.2) is 38.3 Å². The molecule has 0 amide bonds. The first kappa shape index (κ1) is 16.0. The van der Waals surface area contributed by atoms with Crippen molar-refractivity contribution >= 4 is 5.97 Å². The van der Waals surface area contributed by atoms with Gasteiger partial charge in [0.05, 0.1) is 18.3 Å². The van der Waals surface area contributed by atoms with Gasteiger partial charge in [-0.2, -0.15) is 5.10 Å². The molecule has 5 heteroatoms. The molecule has 0 aromatic carbocycles. The summed E-state index contributed by atoms with van der Waals surface area (Å²) in [6, 6.07) is 2.87. The van der Waals surface area contributed by atoms with Gasteiger partial charge in [-0.1, -0.05) is 26.7 Å². The van der Waals surface area contributed by atoms with Crippen LogP contribution in [0.3, 0.4) is 0 Å². The SMILES string of the molecule is CCC(CC)n1ccc(CN(CC(=O)O)C2CCCC2)n1. The molecule has 1 aliphatic carbocycles. The van der Waals surface area contributed by atoms with Crippen molar-refractivity contribution in [3.05, 3.63) is 18.0 Å². The monoisotopic (exact) mass is 293 g/mol. The maximum Gasteiger partial charge on any atom is 0.317 e. The van der Waals surface area contributed by atoms with E-state index in [1.165, 1.54) is 12.8 Å². The molecule has 0 bridgehead atoms. The van der Waals surface area contributed by atoms with Gasteiger partial charge in [0.25, 0.3) is 0 Å². The van der Waals surface area contributed by atoms with E-state index in [9.17, 15) is 4.79 Å². The fourth-order valence-electron chi connectivity index (χ4n) is 3.29. The molecule has 0 aliphatic heterocycles. The zero-order valence-corrected chi connectivity index (χ0v) is 13.2. The van der Waals surface area contributed by atoms with Gasteiger partial charge < -0.3 is 5.11 Å². The van der Waals surface area contributed by atoms with Crippen molar-refractivity contribution in [2.45, 2.75) is 71.0 Å². The molecule has 1 heterocycles. The summed E-state index contributed by atoms with van der Waals surface area (Å²) in [5.74, 6) is -0.749. The third-order valence-electron chi connectivity index (χ3n) is 4.52. The molecule has 118 valence electrons. The molecule has 1 saturated carbocycles. The molecule has 0 radical (unpaired) electrons. The second kappa shape index (κ2) is 7.59. The van der Waals surface area contributed by atoms with Crippen molar-refractivity contribution in [2.24, 2.45) is 0 Å². The van der Waals surface area contributed by atoms with E-state index in [1.54, 1.807) is 0 Å². The van der Waals surface area contributed by atoms with Crippen LogP contribution in [0.15, 0.2) is 12.3 Å². The van der Waals surface area contributed by atoms with Crippen molar-refractivity contribution in [1.29, 1.82) is 0 Å². The molecule has 2 rings (SSSR count). The van der Waals surface area contributed by atoms with E-state index in [-0.39, 0.29) is 6.54 Å². The summed E-state index contributed by atoms with van der Waals surface area (Å²) in [5, 5.41) is 13.8. The summed E-state index contributed by atoms with van der Waals surface area (Å²) in [5.41, 5.74) is 0.982. The normalized spacial score (nSPS) is 16.2. The second-order valence-corrected chi connectivity index (χ2v) is 5.99. The maximum absolute atomic E-state index is 11.1. The molecule has 1 aliphatic rings. The lowest BCUT2D eigenvalue weighted by Gasteiger charge is -2.26. The minimum atomic E-state index is -0.749. The lowest BCUT2D eigenvalue weighted by atomic mass is 10.2. The molecule has 0 spiro atoms. The number of carbonyl (C=O) groups is 1. The summed E-state index contributed by atoms with van der Waals surface area (Å²) < 4.78 is 2.03. The van der Waals surface area contributed by atoms with Crippen LogP contribution < -0.4 is 0 Å². The van der Waals surface area contributed by atoms with E-state index in [0.717, 1.165) is 31.4 Å². The van der Waals surface area contributed by atoms with Gasteiger partial charge in [0.15, 0.2) is 0 Å². The van der Waals surface area contributed by atoms with E-state index in [0.29, 0.717) is 18.6 Å². The highest BCUT2D eigenvalue weighted by Gasteiger charge is 2.25. The molecular formula is C16H27N3O2. The summed E-state index contributed by atoms with van der Waals surface area (Å²) in [7, 11) is 0. The van der Waals surface area contributed by atoms with Crippen molar-refractivity contribution in [1.82, 2.24) is 14.7 Å². The summed E-state index contributed by atoms with van der Waals surface area (Å²) in [4.78, 5) is 13.2. The molecule has 1 aromatic heterocycles. The van der Waals surface area contributed by atoms with E-state index in [4.69, 9.17) is 5.11 Å². The predicted molar refractivity (Wildman–Crippen MR) is 82.1 cm³/mol. The Morgan fingerprint density at radius 3 is 2.67 bits per heavy atom. The second-order valence-electron chi connectivity index (χ2n) is 5.99. The molecule has 1 N–H and O–H groups in total. The van der Waals surface area contributed by atoms with Crippen LogP contribution in [0.2, 0.25) is 0 Å². The Labute approximate surface area is 126 Å². The Bertz CT molecular complexity index is 448. The number of hydrogen-bond acceptors (Lipinski definition) is 3. The average Bonchev–Trinajstić information content (AvgIpc) is 3.10. The fourth-order valence-corrected chi connectivity index (χ4v) is 3.29. The minimum absolute atomic E-state index is 0.114. The Morgan fingerprint density at radius 1 is 1.43 bits per heavy atom. The molecule has 0 unspecified atom stereocenters. The Morgan fingerprint density at radius 2 is 2.10 bits per heavy atom. The van der Waals surface area contributed by atoms with Gasteiger partial charge in [0, 0.05) is 18.8 Å². The molecular weight excluding hydrogens is 266 g/mol. The first-order valence-electron chi connectivity index (χ1n) is 8.13. The van der Waals surface area contributed by atoms with Crippen LogP contribution >= 0.6 is 0 Å². The zero-order valence-electron chi connectivity index (χ0n) is 13.2. The number of hydrogen-bond donors (Lipinski definition) is 1. The smallest absolute Gasteiger partial charge is 0.317 e. The molecule has 0 saturated heterocycles. The minimum Gasteiger partial charge on any atom is -0.480 e. The largest absolute Gasteiger partial charge is 0.480 e. The number of nitrogens with zero attached hydrogens (tertiary/aromatic N) is 3. The molecule has 0 atom stereocenters. The van der Waals surface area contributed by atoms with Crippen molar-refractivity contribution in [3.8, 4) is 0 Å². The highest BCUT2D eigenvalue weighted by Crippen LogP contribution is 2.25. The highest BCUT2D eigenvalue weighted by atomic mass is 16.4. The van der Waals surface area contributed by atoms with Crippen LogP contribution in [0.4, 0.5) is 0 Å². The van der Waals surface area contributed by atoms with E-state index >= 15 is 0 Å². The van der Waals surface area contributed by atoms with Crippen LogP contribution in [0, 0.1) is 0 Å². The third kappa shape index (κ3) is 4.30. The topological polar surface area (TPSA) is 58.4 Å². The average molecular weight is 293 g/mol. The molecule has 1 fully saturated rings. The van der Waals surface area contributed by atoms with Crippen LogP contribution in [0.25, 0.3) is 0 Å². The maximum atomic E-state index is 11.1. The van der Waals surface area contributed by atoms with Crippen LogP contribution in [-0.2, 0) is 11.3 Å². The Hall–Kier alpha value is -1.36. The van der Waals surface area contributed by atoms with Gasteiger partial charge in [0.2, 0.25) is 0 Å². The van der Waals surface area contributed by atoms with E-state index in [1.807, 2.05) is 16.9 Å². The first-order chi connectivity index (χ1) is 10.1. The van der Waals surface area contributed by atoms with Crippen molar-refractivity contribution < 1.29 is 9.90 Å². The Balaban J connectivity index is 2.03. The molecule has 21 heavy (non-hydrogen) atoms. The standard InChI is InChI=1S/C16H27N3O2/c1-3-14(4-2)19-10-9-13(17-19)11-18(12-16(20)21)15-7-5-6-8-15/h9-10,14-15H,3-8,11-12H2,1-2H3,(H,20,21). The summed E-state index contributed by atoms with van der Waals surface area (Å²) in [6.07, 6.45) is 8.81. The quantitative estimate of drug-likeness (QED) is 0.800. The number of aliphatic carboxylic acids is 1. The van der Waals surface area contributed by atoms with Crippen LogP contribution in [0.1, 0.15) is 64.1 Å². The van der Waals surface area contributed by atoms with Gasteiger partial charge in [-0.15, -0.1) is 0 Å². The third-order valence-corrected chi connectivity index (χ3v) is 4.52. The van der Waals surface area contributed by atoms with E-state index < -0.39 is 5.97 Å². The zero-order chi connectivity index (χ0) is 15.2. The number of rotatable bonds is 8. The Kier molecular flexibility index (Phi) is 5.79. The van der Waals surface area contributed by atoms with Gasteiger partial charge in [-0.3, -0.25) is 14.4 Å². The first-order valence-corrected chi connectivity index (χ1v) is 8.13. The van der Waals surface area contributed by atoms with Gasteiger partial charge >= 0.3 is 5.97 Å². The van der Waals surface area contributed by atoms with E-state index in [2.05, 4.69) is 23.8 Å². The molecule has 1 aromatic rings. The lowest BCUT2D eigenvalue weighted by Crippen LogP contribution is -2.37. The van der Waals surface area contributed by atoms with Crippen molar-refractivity contribution in [3.63, 3.8) is 0 Å². The number of aromatic nitrogens is 2. The summed E-state index contributed by atoms with van der Waals surface area (Å²) in [6.45, 7) is 5.10. The number of carboxylic acids is 1. The number of carboxylic acid groups (broad SMARTS) is 1. The van der Waals surface area contributed by atoms with Gasteiger partial charge in [0.1, 0.15) is 0 Å². The van der Waals surface area contributed by atoms with Crippen LogP contribution in [0.5, 0.6) is 0 Å².